The number of rotatable bonds is 5. The van der Waals surface area contributed by atoms with E-state index in [0.29, 0.717) is 12.0 Å². The molecule has 80 valence electrons. The van der Waals surface area contributed by atoms with Crippen molar-refractivity contribution in [2.24, 2.45) is 0 Å². The van der Waals surface area contributed by atoms with Crippen LogP contribution >= 0.6 is 0 Å². The summed E-state index contributed by atoms with van der Waals surface area (Å²) >= 11 is 0. The lowest BCUT2D eigenvalue weighted by Gasteiger charge is -2.09. The van der Waals surface area contributed by atoms with Crippen LogP contribution in [0.15, 0.2) is 6.20 Å². The van der Waals surface area contributed by atoms with Gasteiger partial charge in [0, 0.05) is 17.9 Å². The molecule has 1 heterocycles. The molecule has 0 aromatic carbocycles. The van der Waals surface area contributed by atoms with Gasteiger partial charge in [0.25, 0.3) is 0 Å². The molecule has 0 amide bonds. The first-order chi connectivity index (χ1) is 6.63. The molecule has 0 aliphatic heterocycles. The van der Waals surface area contributed by atoms with E-state index < -0.39 is 0 Å². The highest BCUT2D eigenvalue weighted by molar-refractivity contribution is 5.05. The Balaban J connectivity index is 2.44. The second-order valence-corrected chi connectivity index (χ2v) is 4.13. The number of nitrogens with one attached hydrogen (secondary N) is 2. The van der Waals surface area contributed by atoms with E-state index in [9.17, 15) is 0 Å². The van der Waals surface area contributed by atoms with Crippen LogP contribution in [0.5, 0.6) is 0 Å². The third kappa shape index (κ3) is 3.14. The average molecular weight is 195 g/mol. The molecular weight excluding hydrogens is 174 g/mol. The lowest BCUT2D eigenvalue weighted by molar-refractivity contribution is 0.524. The van der Waals surface area contributed by atoms with Crippen LogP contribution in [-0.4, -0.2) is 16.0 Å². The Kier molecular flexibility index (Phi) is 4.14. The summed E-state index contributed by atoms with van der Waals surface area (Å²) in [5.74, 6) is 1.56. The number of aromatic nitrogens is 2. The molecule has 0 bridgehead atoms. The van der Waals surface area contributed by atoms with Gasteiger partial charge in [0.05, 0.1) is 6.54 Å². The van der Waals surface area contributed by atoms with Crippen LogP contribution in [0, 0.1) is 0 Å². The van der Waals surface area contributed by atoms with Gasteiger partial charge in [-0.2, -0.15) is 0 Å². The largest absolute Gasteiger partial charge is 0.345 e. The molecule has 0 aliphatic carbocycles. The predicted molar refractivity (Wildman–Crippen MR) is 59.3 cm³/mol. The number of aromatic amines is 1. The van der Waals surface area contributed by atoms with Gasteiger partial charge in [-0.3, -0.25) is 0 Å². The molecule has 14 heavy (non-hydrogen) atoms. The highest BCUT2D eigenvalue weighted by atomic mass is 15.0. The molecular formula is C11H21N3. The third-order valence-corrected chi connectivity index (χ3v) is 2.50. The van der Waals surface area contributed by atoms with Crippen molar-refractivity contribution in [1.29, 1.82) is 0 Å². The van der Waals surface area contributed by atoms with Crippen molar-refractivity contribution in [3.63, 3.8) is 0 Å². The van der Waals surface area contributed by atoms with Crippen LogP contribution < -0.4 is 5.32 Å². The van der Waals surface area contributed by atoms with Gasteiger partial charge in [-0.25, -0.2) is 4.98 Å². The predicted octanol–water partition coefficient (Wildman–Crippen LogP) is 2.42. The van der Waals surface area contributed by atoms with Crippen molar-refractivity contribution >= 4 is 0 Å². The summed E-state index contributed by atoms with van der Waals surface area (Å²) in [5.41, 5.74) is 1.21. The smallest absolute Gasteiger partial charge is 0.120 e. The standard InChI is InChI=1S/C11H21N3/c1-5-9(4)12-7-11-13-6-10(14-11)8(2)3/h6,8-9,12H,5,7H2,1-4H3,(H,13,14). The molecule has 1 rings (SSSR count). The minimum Gasteiger partial charge on any atom is -0.345 e. The molecule has 0 spiro atoms. The maximum atomic E-state index is 4.33. The van der Waals surface area contributed by atoms with E-state index in [2.05, 4.69) is 43.0 Å². The minimum atomic E-state index is 0.528. The Morgan fingerprint density at radius 3 is 2.64 bits per heavy atom. The molecule has 0 radical (unpaired) electrons. The van der Waals surface area contributed by atoms with E-state index in [-0.39, 0.29) is 0 Å². The van der Waals surface area contributed by atoms with Crippen LogP contribution in [0.1, 0.15) is 51.6 Å². The minimum absolute atomic E-state index is 0.528. The zero-order valence-electron chi connectivity index (χ0n) is 9.59. The fraction of sp³-hybridized carbons (Fsp3) is 0.727. The summed E-state index contributed by atoms with van der Waals surface area (Å²) in [4.78, 5) is 7.64. The van der Waals surface area contributed by atoms with E-state index in [4.69, 9.17) is 0 Å². The Labute approximate surface area is 86.3 Å². The van der Waals surface area contributed by atoms with Gasteiger partial charge in [0.1, 0.15) is 5.82 Å². The summed E-state index contributed by atoms with van der Waals surface area (Å²) < 4.78 is 0. The van der Waals surface area contributed by atoms with E-state index in [1.807, 2.05) is 6.20 Å². The normalized spacial score (nSPS) is 13.5. The third-order valence-electron chi connectivity index (χ3n) is 2.50. The summed E-state index contributed by atoms with van der Waals surface area (Å²) in [6, 6.07) is 0.558. The lowest BCUT2D eigenvalue weighted by Crippen LogP contribution is -2.24. The molecule has 0 saturated carbocycles. The van der Waals surface area contributed by atoms with Crippen molar-refractivity contribution < 1.29 is 0 Å². The molecule has 1 unspecified atom stereocenters. The molecule has 3 nitrogen and oxygen atoms in total. The van der Waals surface area contributed by atoms with Gasteiger partial charge in [0.2, 0.25) is 0 Å². The maximum absolute atomic E-state index is 4.33. The lowest BCUT2D eigenvalue weighted by atomic mass is 10.2. The molecule has 1 atom stereocenters. The van der Waals surface area contributed by atoms with Crippen LogP contribution in [-0.2, 0) is 6.54 Å². The van der Waals surface area contributed by atoms with Gasteiger partial charge in [0.15, 0.2) is 0 Å². The number of hydrogen-bond donors (Lipinski definition) is 2. The Morgan fingerprint density at radius 2 is 2.14 bits per heavy atom. The summed E-state index contributed by atoms with van der Waals surface area (Å²) in [6.07, 6.45) is 3.08. The second kappa shape index (κ2) is 5.15. The zero-order chi connectivity index (χ0) is 10.6. The highest BCUT2D eigenvalue weighted by Gasteiger charge is 2.04. The first-order valence-electron chi connectivity index (χ1n) is 5.40. The van der Waals surface area contributed by atoms with Gasteiger partial charge in [-0.15, -0.1) is 0 Å². The summed E-state index contributed by atoms with van der Waals surface area (Å²) in [6.45, 7) is 9.53. The van der Waals surface area contributed by atoms with Gasteiger partial charge in [-0.1, -0.05) is 20.8 Å². The Bertz CT molecular complexity index is 265. The SMILES string of the molecule is CCC(C)NCc1ncc(C(C)C)[nH]1. The number of nitrogens with zero attached hydrogens (tertiary/aromatic N) is 1. The van der Waals surface area contributed by atoms with E-state index in [0.717, 1.165) is 18.8 Å². The van der Waals surface area contributed by atoms with Crippen molar-refractivity contribution in [2.45, 2.75) is 52.6 Å². The van der Waals surface area contributed by atoms with E-state index >= 15 is 0 Å². The fourth-order valence-corrected chi connectivity index (χ4v) is 1.18. The van der Waals surface area contributed by atoms with Crippen LogP contribution in [0.2, 0.25) is 0 Å². The average Bonchev–Trinajstić information content (AvgIpc) is 2.62. The van der Waals surface area contributed by atoms with Crippen molar-refractivity contribution in [3.8, 4) is 0 Å². The second-order valence-electron chi connectivity index (χ2n) is 4.13. The monoisotopic (exact) mass is 195 g/mol. The fourth-order valence-electron chi connectivity index (χ4n) is 1.18. The van der Waals surface area contributed by atoms with E-state index in [1.54, 1.807) is 0 Å². The number of imidazole rings is 1. The summed E-state index contributed by atoms with van der Waals surface area (Å²) in [5, 5.41) is 3.41. The Hall–Kier alpha value is -0.830. The van der Waals surface area contributed by atoms with E-state index in [1.165, 1.54) is 5.69 Å². The molecule has 0 fully saturated rings. The molecule has 1 aromatic rings. The van der Waals surface area contributed by atoms with Crippen molar-refractivity contribution in [3.05, 3.63) is 17.7 Å². The van der Waals surface area contributed by atoms with Crippen LogP contribution in [0.3, 0.4) is 0 Å². The molecule has 0 saturated heterocycles. The van der Waals surface area contributed by atoms with Crippen molar-refractivity contribution in [2.75, 3.05) is 0 Å². The zero-order valence-corrected chi connectivity index (χ0v) is 9.59. The number of H-pyrrole nitrogens is 1. The summed E-state index contributed by atoms with van der Waals surface area (Å²) in [7, 11) is 0. The highest BCUT2D eigenvalue weighted by Crippen LogP contribution is 2.10. The van der Waals surface area contributed by atoms with Crippen LogP contribution in [0.25, 0.3) is 0 Å². The molecule has 1 aromatic heterocycles. The van der Waals surface area contributed by atoms with Crippen molar-refractivity contribution in [1.82, 2.24) is 15.3 Å². The maximum Gasteiger partial charge on any atom is 0.120 e. The Morgan fingerprint density at radius 1 is 1.43 bits per heavy atom. The number of hydrogen-bond acceptors (Lipinski definition) is 2. The van der Waals surface area contributed by atoms with Crippen LogP contribution in [0.4, 0.5) is 0 Å². The molecule has 3 heteroatoms. The van der Waals surface area contributed by atoms with Gasteiger partial charge < -0.3 is 10.3 Å². The van der Waals surface area contributed by atoms with Gasteiger partial charge in [-0.05, 0) is 19.3 Å². The molecule has 0 aliphatic rings. The van der Waals surface area contributed by atoms with Gasteiger partial charge >= 0.3 is 0 Å². The molecule has 2 N–H and O–H groups in total. The first kappa shape index (κ1) is 11.2. The first-order valence-corrected chi connectivity index (χ1v) is 5.40. The quantitative estimate of drug-likeness (QED) is 0.757. The topological polar surface area (TPSA) is 40.7 Å².